The number of anilines is 1. The number of hydrogen-bond donors (Lipinski definition) is 2. The molecule has 2 aromatic rings. The van der Waals surface area contributed by atoms with E-state index in [0.29, 0.717) is 6.61 Å². The van der Waals surface area contributed by atoms with E-state index in [1.165, 1.54) is 22.6 Å². The molecule has 4 rings (SSSR count). The Morgan fingerprint density at radius 2 is 1.61 bits per heavy atom. The summed E-state index contributed by atoms with van der Waals surface area (Å²) in [5.74, 6) is -3.55. The monoisotopic (exact) mass is 572 g/mol. The van der Waals surface area contributed by atoms with E-state index in [1.54, 1.807) is 0 Å². The van der Waals surface area contributed by atoms with E-state index in [-0.39, 0.29) is 6.04 Å². The topological polar surface area (TPSA) is 116 Å². The largest absolute Gasteiger partial charge is 0.490 e. The van der Waals surface area contributed by atoms with Gasteiger partial charge in [-0.1, -0.05) is 0 Å². The smallest absolute Gasteiger partial charge is 0.475 e. The van der Waals surface area contributed by atoms with Crippen molar-refractivity contribution < 1.29 is 50.9 Å². The van der Waals surface area contributed by atoms with Crippen molar-refractivity contribution in [3.63, 3.8) is 0 Å². The number of nitrogens with zero attached hydrogens (tertiary/aromatic N) is 4. The fourth-order valence-corrected chi connectivity index (χ4v) is 4.40. The number of halogens is 6. The Labute approximate surface area is 217 Å². The van der Waals surface area contributed by atoms with Gasteiger partial charge in [-0.2, -0.15) is 26.3 Å². The molecule has 0 radical (unpaired) electrons. The molecule has 0 aliphatic carbocycles. The summed E-state index contributed by atoms with van der Waals surface area (Å²) in [5, 5.41) is 14.2. The molecule has 9 nitrogen and oxygen atoms in total. The van der Waals surface area contributed by atoms with E-state index in [4.69, 9.17) is 29.5 Å². The van der Waals surface area contributed by atoms with Crippen LogP contribution in [0, 0.1) is 6.92 Å². The van der Waals surface area contributed by atoms with Crippen molar-refractivity contribution in [3.05, 3.63) is 40.0 Å². The Balaban J connectivity index is 0.000000301. The number of carboxylic acids is 2. The summed E-state index contributed by atoms with van der Waals surface area (Å²) in [7, 11) is 0. The van der Waals surface area contributed by atoms with E-state index in [0.717, 1.165) is 44.4 Å². The number of alkyl halides is 6. The molecule has 2 fully saturated rings. The van der Waals surface area contributed by atoms with Crippen molar-refractivity contribution in [3.8, 4) is 0 Å². The van der Waals surface area contributed by atoms with E-state index >= 15 is 0 Å². The van der Waals surface area contributed by atoms with Gasteiger partial charge in [-0.3, -0.25) is 4.90 Å². The van der Waals surface area contributed by atoms with Gasteiger partial charge in [0.15, 0.2) is 0 Å². The third-order valence-electron chi connectivity index (χ3n) is 5.27. The molecule has 212 valence electrons. The maximum absolute atomic E-state index is 10.6. The zero-order chi connectivity index (χ0) is 28.5. The zero-order valence-electron chi connectivity index (χ0n) is 20.1. The summed E-state index contributed by atoms with van der Waals surface area (Å²) in [4.78, 5) is 34.8. The van der Waals surface area contributed by atoms with Crippen LogP contribution in [0.5, 0.6) is 0 Å². The first kappa shape index (κ1) is 31.2. The second kappa shape index (κ2) is 13.7. The lowest BCUT2D eigenvalue weighted by atomic mass is 10.2. The summed E-state index contributed by atoms with van der Waals surface area (Å²) in [6, 6.07) is 6.60. The number of aliphatic carboxylic acids is 2. The lowest BCUT2D eigenvalue weighted by molar-refractivity contribution is -0.193. The number of ether oxygens (including phenoxy) is 1. The second-order valence-electron chi connectivity index (χ2n) is 8.15. The Bertz CT molecular complexity index is 1040. The molecule has 16 heteroatoms. The maximum atomic E-state index is 10.6. The number of carboxylic acid groups (broad SMARTS) is 2. The van der Waals surface area contributed by atoms with Gasteiger partial charge >= 0.3 is 24.3 Å². The van der Waals surface area contributed by atoms with Crippen LogP contribution in [0.2, 0.25) is 0 Å². The van der Waals surface area contributed by atoms with Crippen molar-refractivity contribution in [2.45, 2.75) is 44.7 Å². The van der Waals surface area contributed by atoms with Crippen molar-refractivity contribution in [1.82, 2.24) is 14.9 Å². The molecule has 2 saturated heterocycles. The van der Waals surface area contributed by atoms with E-state index in [1.807, 2.05) is 23.6 Å². The van der Waals surface area contributed by atoms with Crippen LogP contribution in [0.15, 0.2) is 24.4 Å². The molecule has 4 heterocycles. The van der Waals surface area contributed by atoms with E-state index in [9.17, 15) is 26.3 Å². The Morgan fingerprint density at radius 1 is 1.03 bits per heavy atom. The highest BCUT2D eigenvalue weighted by Crippen LogP contribution is 2.27. The van der Waals surface area contributed by atoms with Gasteiger partial charge < -0.3 is 19.8 Å². The molecule has 1 atom stereocenters. The maximum Gasteiger partial charge on any atom is 0.490 e. The van der Waals surface area contributed by atoms with Gasteiger partial charge in [0.25, 0.3) is 0 Å². The van der Waals surface area contributed by atoms with Crippen molar-refractivity contribution in [2.75, 3.05) is 37.7 Å². The zero-order valence-corrected chi connectivity index (χ0v) is 20.9. The third-order valence-corrected chi connectivity index (χ3v) is 6.25. The van der Waals surface area contributed by atoms with Crippen molar-refractivity contribution in [2.24, 2.45) is 0 Å². The van der Waals surface area contributed by atoms with Crippen molar-refractivity contribution >= 4 is 29.1 Å². The van der Waals surface area contributed by atoms with Crippen LogP contribution in [0.3, 0.4) is 0 Å². The average Bonchev–Trinajstić information content (AvgIpc) is 3.51. The van der Waals surface area contributed by atoms with Crippen LogP contribution in [0.25, 0.3) is 0 Å². The fourth-order valence-electron chi connectivity index (χ4n) is 3.48. The molecule has 2 N–H and O–H groups in total. The van der Waals surface area contributed by atoms with E-state index in [2.05, 4.69) is 33.8 Å². The molecule has 38 heavy (non-hydrogen) atoms. The SMILES string of the molecule is Cc1ccc(CN2CCOCC2c2nccc(N3CCCC3)n2)s1.O=C(O)C(F)(F)F.O=C(O)C(F)(F)F. The molecule has 0 aromatic carbocycles. The molecule has 0 spiro atoms. The van der Waals surface area contributed by atoms with Gasteiger partial charge in [0.1, 0.15) is 11.6 Å². The molecule has 2 aliphatic rings. The number of rotatable bonds is 4. The number of aromatic nitrogens is 2. The Hall–Kier alpha value is -2.98. The minimum absolute atomic E-state index is 0.142. The first-order valence-electron chi connectivity index (χ1n) is 11.2. The van der Waals surface area contributed by atoms with Crippen LogP contribution in [0.4, 0.5) is 32.2 Å². The second-order valence-corrected chi connectivity index (χ2v) is 9.52. The van der Waals surface area contributed by atoms with Crippen LogP contribution < -0.4 is 4.90 Å². The molecule has 0 amide bonds. The lowest BCUT2D eigenvalue weighted by Gasteiger charge is -2.34. The first-order valence-corrected chi connectivity index (χ1v) is 12.1. The number of morpholine rings is 1. The fraction of sp³-hybridized carbons (Fsp3) is 0.545. The normalized spacial score (nSPS) is 18.2. The summed E-state index contributed by atoms with van der Waals surface area (Å²) >= 11 is 1.87. The number of carbonyl (C=O) groups is 2. The van der Waals surface area contributed by atoms with E-state index < -0.39 is 24.3 Å². The highest BCUT2D eigenvalue weighted by Gasteiger charge is 2.39. The molecular weight excluding hydrogens is 546 g/mol. The molecular formula is C22H26F6N4O5S. The van der Waals surface area contributed by atoms with Gasteiger partial charge in [0, 0.05) is 42.1 Å². The molecule has 0 saturated carbocycles. The average molecular weight is 573 g/mol. The van der Waals surface area contributed by atoms with Crippen molar-refractivity contribution in [1.29, 1.82) is 0 Å². The van der Waals surface area contributed by atoms with Crippen LogP contribution >= 0.6 is 11.3 Å². The molecule has 2 aromatic heterocycles. The predicted octanol–water partition coefficient (Wildman–Crippen LogP) is 4.29. The van der Waals surface area contributed by atoms with Crippen LogP contribution in [0.1, 0.15) is 34.5 Å². The number of thiophene rings is 1. The molecule has 2 aliphatic heterocycles. The van der Waals surface area contributed by atoms with Crippen LogP contribution in [-0.4, -0.2) is 82.2 Å². The first-order chi connectivity index (χ1) is 17.7. The summed E-state index contributed by atoms with van der Waals surface area (Å²) in [6.07, 6.45) is -5.75. The van der Waals surface area contributed by atoms with Crippen LogP contribution in [-0.2, 0) is 20.9 Å². The summed E-state index contributed by atoms with van der Waals surface area (Å²) < 4.78 is 69.2. The highest BCUT2D eigenvalue weighted by atomic mass is 32.1. The van der Waals surface area contributed by atoms with Gasteiger partial charge in [0.2, 0.25) is 0 Å². The Kier molecular flexibility index (Phi) is 11.3. The highest BCUT2D eigenvalue weighted by molar-refractivity contribution is 7.11. The third kappa shape index (κ3) is 10.1. The van der Waals surface area contributed by atoms with Gasteiger partial charge in [-0.05, 0) is 38.0 Å². The minimum atomic E-state index is -5.08. The predicted molar refractivity (Wildman–Crippen MR) is 124 cm³/mol. The van der Waals surface area contributed by atoms with Gasteiger partial charge in [0.05, 0.1) is 19.3 Å². The lowest BCUT2D eigenvalue weighted by Crippen LogP contribution is -2.39. The number of hydrogen-bond acceptors (Lipinski definition) is 8. The minimum Gasteiger partial charge on any atom is -0.475 e. The Morgan fingerprint density at radius 3 is 2.11 bits per heavy atom. The van der Waals surface area contributed by atoms with Gasteiger partial charge in [-0.25, -0.2) is 19.6 Å². The van der Waals surface area contributed by atoms with Gasteiger partial charge in [-0.15, -0.1) is 11.3 Å². The number of aryl methyl sites for hydroxylation is 1. The molecule has 0 bridgehead atoms. The summed E-state index contributed by atoms with van der Waals surface area (Å²) in [6.45, 7) is 7.71. The quantitative estimate of drug-likeness (QED) is 0.518. The molecule has 1 unspecified atom stereocenters. The summed E-state index contributed by atoms with van der Waals surface area (Å²) in [5.41, 5.74) is 0. The standard InChI is InChI=1S/C18H24N4OS.2C2HF3O2/c1-14-4-5-15(24-14)12-22-10-11-23-13-16(22)18-19-7-6-17(20-18)21-8-2-3-9-21;2*3-2(4,5)1(6)7/h4-7,16H,2-3,8-13H2,1H3;2*(H,6,7).